The average molecular weight is 608 g/mol. The predicted octanol–water partition coefficient (Wildman–Crippen LogP) is 10.4. The van der Waals surface area contributed by atoms with Crippen LogP contribution in [-0.4, -0.2) is 21.4 Å². The van der Waals surface area contributed by atoms with Crippen molar-refractivity contribution in [2.24, 2.45) is 5.10 Å². The molecular formula is C41H29N5O. The first kappa shape index (κ1) is 28.1. The number of hydrogen-bond donors (Lipinski definition) is 2. The van der Waals surface area contributed by atoms with E-state index in [4.69, 9.17) is 24.9 Å². The van der Waals surface area contributed by atoms with E-state index in [0.29, 0.717) is 17.2 Å². The van der Waals surface area contributed by atoms with Crippen molar-refractivity contribution in [2.75, 3.05) is 5.43 Å². The summed E-state index contributed by atoms with van der Waals surface area (Å²) >= 11 is 0. The largest absolute Gasteiger partial charge is 0.456 e. The van der Waals surface area contributed by atoms with Crippen LogP contribution in [0, 0.1) is 5.41 Å². The Labute approximate surface area is 271 Å². The standard InChI is InChI=1S/C41H29N5O/c1-3-10-32-35(4-2)43-41(44-39(32)27-19-21-31-30-13-8-9-14-36(30)47-37(31)24-27)28-18-16-25-15-17-26-20-22-34(42)40(38(26)33(25)23-28)46-45-29-11-6-5-7-12-29/h3-24,42,45H,2H2,1H3/b10-3-,42-34?,46-40+. The number of rotatable bonds is 6. The lowest BCUT2D eigenvalue weighted by Gasteiger charge is -2.18. The number of anilines is 1. The van der Waals surface area contributed by atoms with Gasteiger partial charge in [0.05, 0.1) is 22.8 Å². The van der Waals surface area contributed by atoms with Crippen LogP contribution < -0.4 is 5.43 Å². The number of para-hydroxylation sites is 2. The molecule has 7 aromatic rings. The van der Waals surface area contributed by atoms with E-state index in [1.807, 2.05) is 79.7 Å². The smallest absolute Gasteiger partial charge is 0.160 e. The minimum Gasteiger partial charge on any atom is -0.456 e. The van der Waals surface area contributed by atoms with Gasteiger partial charge in [-0.1, -0.05) is 91.5 Å². The first-order chi connectivity index (χ1) is 23.1. The van der Waals surface area contributed by atoms with Crippen molar-refractivity contribution in [1.29, 1.82) is 5.41 Å². The molecule has 1 aliphatic rings. The summed E-state index contributed by atoms with van der Waals surface area (Å²) < 4.78 is 6.23. The van der Waals surface area contributed by atoms with Crippen molar-refractivity contribution < 1.29 is 4.42 Å². The van der Waals surface area contributed by atoms with Crippen molar-refractivity contribution in [3.8, 4) is 22.6 Å². The Kier molecular flexibility index (Phi) is 6.88. The summed E-state index contributed by atoms with van der Waals surface area (Å²) in [4.78, 5) is 10.2. The maximum atomic E-state index is 8.76. The molecule has 0 aliphatic heterocycles. The van der Waals surface area contributed by atoms with Gasteiger partial charge in [0.1, 0.15) is 16.9 Å². The van der Waals surface area contributed by atoms with Crippen molar-refractivity contribution in [2.45, 2.75) is 6.92 Å². The Morgan fingerprint density at radius 1 is 0.787 bits per heavy atom. The number of benzene rings is 5. The molecule has 0 spiro atoms. The van der Waals surface area contributed by atoms with Gasteiger partial charge in [0, 0.05) is 33.0 Å². The zero-order chi connectivity index (χ0) is 31.9. The van der Waals surface area contributed by atoms with Gasteiger partial charge >= 0.3 is 0 Å². The Morgan fingerprint density at radius 2 is 1.57 bits per heavy atom. The van der Waals surface area contributed by atoms with Crippen LogP contribution in [0.25, 0.3) is 73.6 Å². The van der Waals surface area contributed by atoms with Crippen LogP contribution in [0.3, 0.4) is 0 Å². The Bertz CT molecular complexity index is 2480. The van der Waals surface area contributed by atoms with E-state index < -0.39 is 0 Å². The number of allylic oxidation sites excluding steroid dienone is 2. The SMILES string of the molecule is C=Cc1nc(-c2ccc3ccc4c(c3c2)/C(=N/Nc2ccccc2)C(=N)C=C4)nc(-c2ccc3c(c2)oc2ccccc23)c1/C=C\C. The average Bonchev–Trinajstić information content (AvgIpc) is 3.49. The molecule has 2 aromatic heterocycles. The lowest BCUT2D eigenvalue weighted by atomic mass is 9.88. The summed E-state index contributed by atoms with van der Waals surface area (Å²) in [5.41, 5.74) is 12.6. The van der Waals surface area contributed by atoms with E-state index in [2.05, 4.69) is 60.5 Å². The van der Waals surface area contributed by atoms with Gasteiger partial charge in [0.15, 0.2) is 5.82 Å². The lowest BCUT2D eigenvalue weighted by Crippen LogP contribution is -2.19. The Hall–Kier alpha value is -6.40. The van der Waals surface area contributed by atoms with Crippen molar-refractivity contribution in [1.82, 2.24) is 9.97 Å². The van der Waals surface area contributed by atoms with Crippen molar-refractivity contribution in [3.05, 3.63) is 144 Å². The first-order valence-electron chi connectivity index (χ1n) is 15.4. The molecule has 0 fully saturated rings. The fraction of sp³-hybridized carbons (Fsp3) is 0.0244. The van der Waals surface area contributed by atoms with Gasteiger partial charge in [0.25, 0.3) is 0 Å². The normalized spacial score (nSPS) is 13.6. The highest BCUT2D eigenvalue weighted by Gasteiger charge is 2.21. The molecule has 0 atom stereocenters. The zero-order valence-electron chi connectivity index (χ0n) is 25.7. The van der Waals surface area contributed by atoms with Crippen LogP contribution in [0.5, 0.6) is 0 Å². The van der Waals surface area contributed by atoms with E-state index in [9.17, 15) is 0 Å². The second-order valence-electron chi connectivity index (χ2n) is 11.4. The molecule has 47 heavy (non-hydrogen) atoms. The molecule has 0 amide bonds. The molecule has 2 heterocycles. The molecule has 224 valence electrons. The zero-order valence-corrected chi connectivity index (χ0v) is 25.7. The fourth-order valence-electron chi connectivity index (χ4n) is 6.21. The molecule has 6 heteroatoms. The van der Waals surface area contributed by atoms with Crippen LogP contribution in [0.15, 0.2) is 131 Å². The second kappa shape index (κ2) is 11.5. The van der Waals surface area contributed by atoms with Gasteiger partial charge in [-0.3, -0.25) is 10.8 Å². The summed E-state index contributed by atoms with van der Waals surface area (Å²) in [5, 5.41) is 17.6. The molecule has 1 aliphatic carbocycles. The van der Waals surface area contributed by atoms with Crippen LogP contribution in [0.4, 0.5) is 5.69 Å². The number of furan rings is 1. The number of aromatic nitrogens is 2. The number of hydrazone groups is 1. The third-order valence-corrected chi connectivity index (χ3v) is 8.46. The highest BCUT2D eigenvalue weighted by atomic mass is 16.3. The second-order valence-corrected chi connectivity index (χ2v) is 11.4. The molecule has 0 saturated carbocycles. The summed E-state index contributed by atoms with van der Waals surface area (Å²) in [6.45, 7) is 6.08. The van der Waals surface area contributed by atoms with Gasteiger partial charge in [-0.05, 0) is 71.8 Å². The number of nitrogens with zero attached hydrogens (tertiary/aromatic N) is 3. The van der Waals surface area contributed by atoms with Crippen LogP contribution in [0.1, 0.15) is 29.3 Å². The minimum atomic E-state index is 0.336. The Balaban J connectivity index is 1.30. The Morgan fingerprint density at radius 3 is 2.43 bits per heavy atom. The lowest BCUT2D eigenvalue weighted by molar-refractivity contribution is 0.669. The third kappa shape index (κ3) is 4.93. The van der Waals surface area contributed by atoms with E-state index in [0.717, 1.165) is 77.6 Å². The predicted molar refractivity (Wildman–Crippen MR) is 196 cm³/mol. The summed E-state index contributed by atoms with van der Waals surface area (Å²) in [6, 6.07) is 34.5. The van der Waals surface area contributed by atoms with Crippen molar-refractivity contribution in [3.63, 3.8) is 0 Å². The van der Waals surface area contributed by atoms with E-state index in [1.165, 1.54) is 0 Å². The molecule has 0 saturated heterocycles. The third-order valence-electron chi connectivity index (χ3n) is 8.46. The van der Waals surface area contributed by atoms with Gasteiger partial charge in [-0.25, -0.2) is 9.97 Å². The van der Waals surface area contributed by atoms with E-state index >= 15 is 0 Å². The molecular weight excluding hydrogens is 578 g/mol. The van der Waals surface area contributed by atoms with Gasteiger partial charge in [0.2, 0.25) is 0 Å². The van der Waals surface area contributed by atoms with Gasteiger partial charge in [-0.15, -0.1) is 0 Å². The quantitative estimate of drug-likeness (QED) is 0.184. The van der Waals surface area contributed by atoms with Gasteiger partial charge in [-0.2, -0.15) is 5.10 Å². The van der Waals surface area contributed by atoms with Crippen LogP contribution in [0.2, 0.25) is 0 Å². The van der Waals surface area contributed by atoms with Crippen LogP contribution in [-0.2, 0) is 0 Å². The number of nitrogens with one attached hydrogen (secondary N) is 2. The molecule has 6 nitrogen and oxygen atoms in total. The first-order valence-corrected chi connectivity index (χ1v) is 15.4. The maximum Gasteiger partial charge on any atom is 0.160 e. The maximum absolute atomic E-state index is 8.76. The topological polar surface area (TPSA) is 87.2 Å². The van der Waals surface area contributed by atoms with E-state index in [-0.39, 0.29) is 0 Å². The minimum absolute atomic E-state index is 0.336. The summed E-state index contributed by atoms with van der Waals surface area (Å²) in [6.07, 6.45) is 9.54. The van der Waals surface area contributed by atoms with Crippen LogP contribution >= 0.6 is 0 Å². The monoisotopic (exact) mass is 607 g/mol. The fourth-order valence-corrected chi connectivity index (χ4v) is 6.21. The molecule has 8 rings (SSSR count). The number of hydrogen-bond acceptors (Lipinski definition) is 6. The van der Waals surface area contributed by atoms with Crippen molar-refractivity contribution >= 4 is 68.0 Å². The summed E-state index contributed by atoms with van der Waals surface area (Å²) in [5.74, 6) is 0.578. The molecule has 0 bridgehead atoms. The molecule has 0 unspecified atom stereocenters. The van der Waals surface area contributed by atoms with E-state index in [1.54, 1.807) is 12.2 Å². The highest BCUT2D eigenvalue weighted by Crippen LogP contribution is 2.36. The highest BCUT2D eigenvalue weighted by molar-refractivity contribution is 6.55. The number of fused-ring (bicyclic) bond motifs is 6. The molecule has 0 radical (unpaired) electrons. The van der Waals surface area contributed by atoms with Gasteiger partial charge < -0.3 is 4.42 Å². The molecule has 5 aromatic carbocycles. The summed E-state index contributed by atoms with van der Waals surface area (Å²) in [7, 11) is 0. The molecule has 2 N–H and O–H groups in total.